The molecule has 9 heteroatoms. The Bertz CT molecular complexity index is 571. The van der Waals surface area contributed by atoms with Crippen LogP contribution in [0.2, 0.25) is 0 Å². The van der Waals surface area contributed by atoms with Crippen LogP contribution in [0.1, 0.15) is 79.1 Å². The zero-order chi connectivity index (χ0) is 24.5. The van der Waals surface area contributed by atoms with Crippen LogP contribution in [0.5, 0.6) is 0 Å². The number of unbranched alkanes of at least 4 members (excludes halogenated alkanes) is 4. The first-order valence-corrected chi connectivity index (χ1v) is 14.6. The SMILES string of the molecule is CCCCOCC1O[C@@H](COS(C)(=O)=O)[C@@H](OCCCC)C(OCCCC)[C@@H]1OCCCC. The fourth-order valence-corrected chi connectivity index (χ4v) is 3.96. The molecule has 0 amide bonds. The quantitative estimate of drug-likeness (QED) is 0.184. The van der Waals surface area contributed by atoms with Gasteiger partial charge in [-0.05, 0) is 25.7 Å². The predicted molar refractivity (Wildman–Crippen MR) is 129 cm³/mol. The fourth-order valence-electron chi connectivity index (χ4n) is 3.58. The Morgan fingerprint density at radius 1 is 0.636 bits per heavy atom. The van der Waals surface area contributed by atoms with Gasteiger partial charge < -0.3 is 23.7 Å². The van der Waals surface area contributed by atoms with E-state index in [1.165, 1.54) is 0 Å². The van der Waals surface area contributed by atoms with Gasteiger partial charge in [0.15, 0.2) is 0 Å². The predicted octanol–water partition coefficient (Wildman–Crippen LogP) is 4.10. The van der Waals surface area contributed by atoms with Crippen molar-refractivity contribution in [1.82, 2.24) is 0 Å². The first-order valence-electron chi connectivity index (χ1n) is 12.8. The van der Waals surface area contributed by atoms with E-state index >= 15 is 0 Å². The standard InChI is InChI=1S/C24H48O8S/c1-6-10-14-27-18-20-22(28-15-11-7-2)24(30-17-13-9-4)23(29-16-12-8-3)21(32-20)19-31-33(5,25)26/h20-24H,6-19H2,1-5H3/t20?,21-,22+,23+,24?/m0/s1. The van der Waals surface area contributed by atoms with Gasteiger partial charge in [0.1, 0.15) is 30.5 Å². The minimum Gasteiger partial charge on any atom is -0.379 e. The van der Waals surface area contributed by atoms with Gasteiger partial charge >= 0.3 is 0 Å². The molecule has 1 saturated heterocycles. The van der Waals surface area contributed by atoms with Gasteiger partial charge in [-0.1, -0.05) is 53.4 Å². The van der Waals surface area contributed by atoms with Crippen molar-refractivity contribution in [2.75, 3.05) is 45.9 Å². The van der Waals surface area contributed by atoms with Crippen molar-refractivity contribution >= 4 is 10.1 Å². The van der Waals surface area contributed by atoms with Gasteiger partial charge in [-0.15, -0.1) is 0 Å². The van der Waals surface area contributed by atoms with Gasteiger partial charge in [0.2, 0.25) is 0 Å². The van der Waals surface area contributed by atoms with Crippen LogP contribution in [0.3, 0.4) is 0 Å². The van der Waals surface area contributed by atoms with E-state index in [0.717, 1.165) is 57.6 Å². The highest BCUT2D eigenvalue weighted by Gasteiger charge is 2.48. The minimum atomic E-state index is -3.62. The summed E-state index contributed by atoms with van der Waals surface area (Å²) in [5, 5.41) is 0. The number of ether oxygens (including phenoxy) is 5. The largest absolute Gasteiger partial charge is 0.379 e. The average molecular weight is 497 g/mol. The summed E-state index contributed by atoms with van der Waals surface area (Å²) in [6.45, 7) is 11.0. The van der Waals surface area contributed by atoms with Gasteiger partial charge in [-0.3, -0.25) is 4.18 Å². The lowest BCUT2D eigenvalue weighted by Gasteiger charge is -2.46. The molecule has 0 spiro atoms. The minimum absolute atomic E-state index is 0.129. The summed E-state index contributed by atoms with van der Waals surface area (Å²) < 4.78 is 59.6. The highest BCUT2D eigenvalue weighted by molar-refractivity contribution is 7.85. The Hall–Kier alpha value is -0.290. The lowest BCUT2D eigenvalue weighted by atomic mass is 9.94. The lowest BCUT2D eigenvalue weighted by molar-refractivity contribution is -0.269. The summed E-state index contributed by atoms with van der Waals surface area (Å²) in [6, 6.07) is 0. The van der Waals surface area contributed by atoms with Crippen molar-refractivity contribution in [1.29, 1.82) is 0 Å². The van der Waals surface area contributed by atoms with Crippen LogP contribution in [0.15, 0.2) is 0 Å². The van der Waals surface area contributed by atoms with Crippen molar-refractivity contribution in [2.45, 2.75) is 110 Å². The summed E-state index contributed by atoms with van der Waals surface area (Å²) in [7, 11) is -3.62. The second-order valence-electron chi connectivity index (χ2n) is 8.70. The summed E-state index contributed by atoms with van der Waals surface area (Å²) in [5.41, 5.74) is 0. The molecule has 0 N–H and O–H groups in total. The third-order valence-electron chi connectivity index (χ3n) is 5.53. The second-order valence-corrected chi connectivity index (χ2v) is 10.3. The van der Waals surface area contributed by atoms with Gasteiger partial charge in [0.05, 0.1) is 19.5 Å². The molecule has 0 radical (unpaired) electrons. The van der Waals surface area contributed by atoms with Crippen LogP contribution in [0.25, 0.3) is 0 Å². The maximum Gasteiger partial charge on any atom is 0.264 e. The number of hydrogen-bond donors (Lipinski definition) is 0. The Morgan fingerprint density at radius 2 is 1.06 bits per heavy atom. The van der Waals surface area contributed by atoms with Crippen LogP contribution < -0.4 is 0 Å². The maximum absolute atomic E-state index is 11.7. The normalized spacial score (nSPS) is 26.0. The van der Waals surface area contributed by atoms with Crippen molar-refractivity contribution in [3.05, 3.63) is 0 Å². The Morgan fingerprint density at radius 3 is 1.52 bits per heavy atom. The first-order chi connectivity index (χ1) is 15.9. The summed E-state index contributed by atoms with van der Waals surface area (Å²) in [4.78, 5) is 0. The molecule has 1 aliphatic heterocycles. The van der Waals surface area contributed by atoms with Crippen LogP contribution in [0, 0.1) is 0 Å². The Kier molecular flexibility index (Phi) is 16.8. The van der Waals surface area contributed by atoms with E-state index in [1.807, 2.05) is 0 Å². The monoisotopic (exact) mass is 496 g/mol. The molecular formula is C24H48O8S. The molecule has 198 valence electrons. The molecule has 33 heavy (non-hydrogen) atoms. The van der Waals surface area contributed by atoms with Crippen molar-refractivity contribution in [3.63, 3.8) is 0 Å². The van der Waals surface area contributed by atoms with E-state index in [2.05, 4.69) is 27.7 Å². The highest BCUT2D eigenvalue weighted by atomic mass is 32.2. The Labute approximate surface area is 202 Å². The van der Waals surface area contributed by atoms with Gasteiger partial charge in [0, 0.05) is 26.4 Å². The van der Waals surface area contributed by atoms with E-state index in [1.54, 1.807) is 0 Å². The summed E-state index contributed by atoms with van der Waals surface area (Å²) in [6.07, 6.45) is 6.56. The van der Waals surface area contributed by atoms with Gasteiger partial charge in [-0.25, -0.2) is 0 Å². The van der Waals surface area contributed by atoms with E-state index in [9.17, 15) is 8.42 Å². The van der Waals surface area contributed by atoms with E-state index in [4.69, 9.17) is 27.9 Å². The average Bonchev–Trinajstić information content (AvgIpc) is 2.77. The highest BCUT2D eigenvalue weighted by Crippen LogP contribution is 2.30. The van der Waals surface area contributed by atoms with Crippen LogP contribution in [0.4, 0.5) is 0 Å². The van der Waals surface area contributed by atoms with Crippen molar-refractivity contribution in [2.24, 2.45) is 0 Å². The van der Waals surface area contributed by atoms with E-state index in [0.29, 0.717) is 33.0 Å². The van der Waals surface area contributed by atoms with Gasteiger partial charge in [0.25, 0.3) is 10.1 Å². The Balaban J connectivity index is 3.13. The molecule has 8 nitrogen and oxygen atoms in total. The molecule has 2 unspecified atom stereocenters. The molecule has 1 rings (SSSR count). The third kappa shape index (κ3) is 12.8. The van der Waals surface area contributed by atoms with Crippen molar-refractivity contribution in [3.8, 4) is 0 Å². The van der Waals surface area contributed by atoms with Crippen LogP contribution in [-0.4, -0.2) is 84.8 Å². The molecule has 0 aromatic heterocycles. The molecule has 0 aromatic carbocycles. The van der Waals surface area contributed by atoms with E-state index < -0.39 is 34.5 Å². The summed E-state index contributed by atoms with van der Waals surface area (Å²) >= 11 is 0. The summed E-state index contributed by atoms with van der Waals surface area (Å²) in [5.74, 6) is 0. The van der Waals surface area contributed by atoms with Gasteiger partial charge in [-0.2, -0.15) is 8.42 Å². The molecule has 1 aliphatic rings. The number of rotatable bonds is 20. The van der Waals surface area contributed by atoms with Crippen LogP contribution >= 0.6 is 0 Å². The molecule has 0 aliphatic carbocycles. The third-order valence-corrected chi connectivity index (χ3v) is 6.09. The molecule has 5 atom stereocenters. The zero-order valence-corrected chi connectivity index (χ0v) is 22.3. The van der Waals surface area contributed by atoms with E-state index in [-0.39, 0.29) is 12.7 Å². The maximum atomic E-state index is 11.7. The molecule has 0 bridgehead atoms. The van der Waals surface area contributed by atoms with Crippen LogP contribution in [-0.2, 0) is 38.0 Å². The molecule has 0 saturated carbocycles. The van der Waals surface area contributed by atoms with Crippen molar-refractivity contribution < 1.29 is 36.3 Å². The molecular weight excluding hydrogens is 448 g/mol. The first kappa shape index (κ1) is 30.7. The topological polar surface area (TPSA) is 89.5 Å². The molecule has 1 heterocycles. The molecule has 1 fully saturated rings. The fraction of sp³-hybridized carbons (Fsp3) is 1.00. The lowest BCUT2D eigenvalue weighted by Crippen LogP contribution is -2.62. The zero-order valence-electron chi connectivity index (χ0n) is 21.5. The smallest absolute Gasteiger partial charge is 0.264 e. The molecule has 0 aromatic rings. The second kappa shape index (κ2) is 18.0. The number of hydrogen-bond acceptors (Lipinski definition) is 8.